The van der Waals surface area contributed by atoms with Crippen LogP contribution in [0.3, 0.4) is 0 Å². The van der Waals surface area contributed by atoms with Gasteiger partial charge in [0.15, 0.2) is 5.65 Å². The lowest BCUT2D eigenvalue weighted by atomic mass is 10.1. The number of rotatable bonds is 6. The molecule has 3 rings (SSSR count). The smallest absolute Gasteiger partial charge is 0.405 e. The maximum absolute atomic E-state index is 12.7. The summed E-state index contributed by atoms with van der Waals surface area (Å²) in [5.74, 6) is -0.334. The fourth-order valence-electron chi connectivity index (χ4n) is 2.87. The van der Waals surface area contributed by atoms with Crippen LogP contribution < -0.4 is 10.1 Å². The lowest BCUT2D eigenvalue weighted by molar-refractivity contribution is -0.274. The molecule has 162 valence electrons. The number of aromatic nitrogens is 4. The van der Waals surface area contributed by atoms with Gasteiger partial charge in [-0.25, -0.2) is 8.42 Å². The molecular formula is C18H20F3N5O3S. The first-order chi connectivity index (χ1) is 13.9. The van der Waals surface area contributed by atoms with Crippen molar-refractivity contribution in [2.24, 2.45) is 0 Å². The van der Waals surface area contributed by atoms with E-state index in [1.165, 1.54) is 22.7 Å². The molecule has 0 radical (unpaired) electrons. The fraction of sp³-hybridized carbons (Fsp3) is 0.389. The van der Waals surface area contributed by atoms with Gasteiger partial charge in [-0.3, -0.25) is 0 Å². The molecule has 1 aromatic carbocycles. The van der Waals surface area contributed by atoms with E-state index in [-0.39, 0.29) is 23.2 Å². The van der Waals surface area contributed by atoms with Crippen molar-refractivity contribution in [3.63, 3.8) is 0 Å². The standard InChI is InChI=1S/C18H20F3N5O3S/c1-10(2)13-9-22-26-15(13)24-17(30(4,27)28)25-16(26)23-11(3)12-7-5-6-8-14(12)29-18(19,20)21/h5-11H,1-4H3,(H,23,24,25)/t11-/m0/s1. The van der Waals surface area contributed by atoms with E-state index >= 15 is 0 Å². The van der Waals surface area contributed by atoms with Crippen LogP contribution in [0.4, 0.5) is 19.1 Å². The van der Waals surface area contributed by atoms with Crippen LogP contribution in [0.25, 0.3) is 5.65 Å². The molecule has 1 atom stereocenters. The van der Waals surface area contributed by atoms with E-state index in [0.717, 1.165) is 6.26 Å². The van der Waals surface area contributed by atoms with Crippen molar-refractivity contribution in [2.45, 2.75) is 44.2 Å². The Morgan fingerprint density at radius 1 is 1.10 bits per heavy atom. The van der Waals surface area contributed by atoms with Crippen molar-refractivity contribution < 1.29 is 26.3 Å². The quantitative estimate of drug-likeness (QED) is 0.620. The Morgan fingerprint density at radius 2 is 1.77 bits per heavy atom. The number of halogens is 3. The molecule has 1 N–H and O–H groups in total. The predicted octanol–water partition coefficient (Wildman–Crippen LogP) is 3.72. The molecular weight excluding hydrogens is 423 g/mol. The van der Waals surface area contributed by atoms with Crippen LogP contribution in [0.2, 0.25) is 0 Å². The van der Waals surface area contributed by atoms with E-state index in [9.17, 15) is 21.6 Å². The van der Waals surface area contributed by atoms with Crippen LogP contribution in [0.15, 0.2) is 35.6 Å². The highest BCUT2D eigenvalue weighted by Gasteiger charge is 2.32. The number of para-hydroxylation sites is 1. The average molecular weight is 443 g/mol. The summed E-state index contributed by atoms with van der Waals surface area (Å²) in [4.78, 5) is 8.16. The largest absolute Gasteiger partial charge is 0.573 e. The third kappa shape index (κ3) is 4.64. The molecule has 12 heteroatoms. The topological polar surface area (TPSA) is 98.5 Å². The molecule has 0 saturated carbocycles. The maximum Gasteiger partial charge on any atom is 0.573 e. The Morgan fingerprint density at radius 3 is 2.37 bits per heavy atom. The molecule has 0 amide bonds. The van der Waals surface area contributed by atoms with Gasteiger partial charge in [-0.1, -0.05) is 32.0 Å². The van der Waals surface area contributed by atoms with Gasteiger partial charge in [0.05, 0.1) is 12.2 Å². The molecule has 8 nitrogen and oxygen atoms in total. The number of nitrogens with zero attached hydrogens (tertiary/aromatic N) is 4. The molecule has 0 unspecified atom stereocenters. The number of fused-ring (bicyclic) bond motifs is 1. The van der Waals surface area contributed by atoms with E-state index in [4.69, 9.17) is 0 Å². The first-order valence-corrected chi connectivity index (χ1v) is 10.8. The van der Waals surface area contributed by atoms with Crippen LogP contribution in [0.5, 0.6) is 5.75 Å². The van der Waals surface area contributed by atoms with Crippen LogP contribution in [-0.4, -0.2) is 40.6 Å². The molecule has 0 spiro atoms. The molecule has 0 fully saturated rings. The predicted molar refractivity (Wildman–Crippen MR) is 103 cm³/mol. The van der Waals surface area contributed by atoms with Crippen LogP contribution >= 0.6 is 0 Å². The highest BCUT2D eigenvalue weighted by Crippen LogP contribution is 2.32. The van der Waals surface area contributed by atoms with Crippen LogP contribution in [0.1, 0.15) is 43.9 Å². The molecule has 0 saturated heterocycles. The third-order valence-corrected chi connectivity index (χ3v) is 5.13. The average Bonchev–Trinajstić information content (AvgIpc) is 3.04. The van der Waals surface area contributed by atoms with Crippen molar-refractivity contribution in [2.75, 3.05) is 11.6 Å². The normalized spacial score (nSPS) is 13.6. The highest BCUT2D eigenvalue weighted by molar-refractivity contribution is 7.90. The number of nitrogens with one attached hydrogen (secondary N) is 1. The summed E-state index contributed by atoms with van der Waals surface area (Å²) in [7, 11) is -3.75. The van der Waals surface area contributed by atoms with Crippen LogP contribution in [-0.2, 0) is 9.84 Å². The number of ether oxygens (including phenoxy) is 1. The van der Waals surface area contributed by atoms with Crippen LogP contribution in [0, 0.1) is 0 Å². The van der Waals surface area contributed by atoms with Gasteiger partial charge in [0.25, 0.3) is 5.16 Å². The maximum atomic E-state index is 12.7. The van der Waals surface area contributed by atoms with E-state index in [2.05, 4.69) is 25.1 Å². The van der Waals surface area contributed by atoms with Gasteiger partial charge in [0, 0.05) is 17.4 Å². The molecule has 2 aromatic heterocycles. The zero-order chi connectivity index (χ0) is 22.3. The Labute approximate surface area is 171 Å². The number of anilines is 1. The first kappa shape index (κ1) is 21.8. The van der Waals surface area contributed by atoms with Crippen molar-refractivity contribution >= 4 is 21.4 Å². The van der Waals surface area contributed by atoms with Crippen molar-refractivity contribution in [1.82, 2.24) is 19.6 Å². The summed E-state index contributed by atoms with van der Waals surface area (Å²) in [5.41, 5.74) is 1.22. The van der Waals surface area contributed by atoms with Gasteiger partial charge in [-0.15, -0.1) is 13.2 Å². The minimum Gasteiger partial charge on any atom is -0.405 e. The summed E-state index contributed by atoms with van der Waals surface area (Å²) in [6.07, 6.45) is -2.32. The molecule has 0 aliphatic carbocycles. The SMILES string of the molecule is CC(C)c1cnn2c(N[C@@H](C)c3ccccc3OC(F)(F)F)nc(S(C)(=O)=O)nc12. The summed E-state index contributed by atoms with van der Waals surface area (Å²) < 4.78 is 67.8. The summed E-state index contributed by atoms with van der Waals surface area (Å²) in [5, 5.41) is 6.73. The van der Waals surface area contributed by atoms with E-state index < -0.39 is 27.4 Å². The zero-order valence-corrected chi connectivity index (χ0v) is 17.4. The minimum atomic E-state index is -4.85. The van der Waals surface area contributed by atoms with Crippen molar-refractivity contribution in [3.05, 3.63) is 41.6 Å². The van der Waals surface area contributed by atoms with Gasteiger partial charge in [0.2, 0.25) is 15.8 Å². The lowest BCUT2D eigenvalue weighted by Crippen LogP contribution is -2.20. The van der Waals surface area contributed by atoms with Crippen molar-refractivity contribution in [1.29, 1.82) is 0 Å². The number of hydrogen-bond donors (Lipinski definition) is 1. The number of benzene rings is 1. The fourth-order valence-corrected chi connectivity index (χ4v) is 3.37. The Bertz CT molecular complexity index is 1180. The molecule has 2 heterocycles. The van der Waals surface area contributed by atoms with Gasteiger partial charge < -0.3 is 10.1 Å². The zero-order valence-electron chi connectivity index (χ0n) is 16.6. The third-order valence-electron chi connectivity index (χ3n) is 4.29. The second kappa shape index (κ2) is 7.74. The van der Waals surface area contributed by atoms with E-state index in [0.29, 0.717) is 11.2 Å². The van der Waals surface area contributed by atoms with Gasteiger partial charge >= 0.3 is 6.36 Å². The molecule has 0 aliphatic heterocycles. The highest BCUT2D eigenvalue weighted by atomic mass is 32.2. The molecule has 0 bridgehead atoms. The summed E-state index contributed by atoms with van der Waals surface area (Å²) >= 11 is 0. The first-order valence-electron chi connectivity index (χ1n) is 8.93. The number of alkyl halides is 3. The van der Waals surface area contributed by atoms with Gasteiger partial charge in [-0.05, 0) is 18.9 Å². The molecule has 30 heavy (non-hydrogen) atoms. The van der Waals surface area contributed by atoms with Gasteiger partial charge in [0.1, 0.15) is 5.75 Å². The number of hydrogen-bond acceptors (Lipinski definition) is 7. The summed E-state index contributed by atoms with van der Waals surface area (Å²) in [6, 6.07) is 4.94. The van der Waals surface area contributed by atoms with E-state index in [1.807, 2.05) is 13.8 Å². The number of sulfone groups is 1. The lowest BCUT2D eigenvalue weighted by Gasteiger charge is -2.20. The van der Waals surface area contributed by atoms with Gasteiger partial charge in [-0.2, -0.15) is 19.6 Å². The Hall–Kier alpha value is -2.89. The Kier molecular flexibility index (Phi) is 5.63. The Balaban J connectivity index is 2.08. The molecule has 0 aliphatic rings. The second-order valence-corrected chi connectivity index (χ2v) is 8.95. The molecule has 3 aromatic rings. The van der Waals surface area contributed by atoms with E-state index in [1.54, 1.807) is 19.2 Å². The monoisotopic (exact) mass is 443 g/mol. The van der Waals surface area contributed by atoms with Crippen molar-refractivity contribution in [3.8, 4) is 5.75 Å². The summed E-state index contributed by atoms with van der Waals surface area (Å²) in [6.45, 7) is 5.40. The second-order valence-electron chi connectivity index (χ2n) is 7.04. The minimum absolute atomic E-state index is 0.0102.